The summed E-state index contributed by atoms with van der Waals surface area (Å²) < 4.78 is 0. The van der Waals surface area contributed by atoms with Crippen LogP contribution >= 0.6 is 0 Å². The first kappa shape index (κ1) is 16.9. The summed E-state index contributed by atoms with van der Waals surface area (Å²) in [5.41, 5.74) is -1.35. The molecule has 0 saturated carbocycles. The molecule has 0 aliphatic carbocycles. The van der Waals surface area contributed by atoms with Crippen molar-refractivity contribution in [2.45, 2.75) is 45.1 Å². The molecule has 0 aromatic rings. The molecule has 0 heterocycles. The number of isocyanates is 1. The molecule has 0 N–H and O–H groups in total. The van der Waals surface area contributed by atoms with E-state index in [1.807, 2.05) is 6.92 Å². The second-order valence-electron chi connectivity index (χ2n) is 2.98. The van der Waals surface area contributed by atoms with E-state index in [2.05, 4.69) is 4.99 Å². The molecule has 0 saturated heterocycles. The number of aliphatic imine (C=N–C) groups is 1. The average molecular weight is 223 g/mol. The Morgan fingerprint density at radius 3 is 2.36 bits per heavy atom. The molecule has 0 aliphatic rings. The van der Waals surface area contributed by atoms with Crippen LogP contribution in [0.3, 0.4) is 0 Å². The zero-order valence-corrected chi connectivity index (χ0v) is 12.1. The van der Waals surface area contributed by atoms with Gasteiger partial charge in [0.2, 0.25) is 6.08 Å². The van der Waals surface area contributed by atoms with Gasteiger partial charge in [0.05, 0.1) is 5.97 Å². The number of carboxylic acids is 1. The van der Waals surface area contributed by atoms with Gasteiger partial charge in [-0.05, 0) is 12.8 Å². The van der Waals surface area contributed by atoms with Gasteiger partial charge >= 0.3 is 51.4 Å². The van der Waals surface area contributed by atoms with Crippen LogP contribution in [-0.4, -0.2) is 17.6 Å². The number of carboxylic acid groups (broad SMARTS) is 1. The summed E-state index contributed by atoms with van der Waals surface area (Å²) in [4.78, 5) is 24.2. The van der Waals surface area contributed by atoms with Crippen molar-refractivity contribution in [3.05, 3.63) is 0 Å². The maximum Gasteiger partial charge on any atom is 1.00 e. The number of hydrogen-bond donors (Lipinski definition) is 0. The van der Waals surface area contributed by atoms with Gasteiger partial charge < -0.3 is 9.90 Å². The third-order valence-corrected chi connectivity index (χ3v) is 2.17. The standard InChI is InChI=1S/C9H15NO3.K/c1-3-5-6-9(4-2,8(12)13)10-7-11;/h3-6H2,1-2H3,(H,12,13);/q;+1/p-1. The molecule has 1 atom stereocenters. The normalized spacial score (nSPS) is 13.3. The van der Waals surface area contributed by atoms with Crippen LogP contribution in [0.15, 0.2) is 4.99 Å². The summed E-state index contributed by atoms with van der Waals surface area (Å²) in [5.74, 6) is -1.29. The monoisotopic (exact) mass is 223 g/mol. The summed E-state index contributed by atoms with van der Waals surface area (Å²) in [6.45, 7) is 3.62. The van der Waals surface area contributed by atoms with E-state index in [0.717, 1.165) is 6.42 Å². The third kappa shape index (κ3) is 4.82. The first-order chi connectivity index (χ1) is 6.13. The second kappa shape index (κ2) is 8.77. The smallest absolute Gasteiger partial charge is 0.547 e. The molecule has 0 bridgehead atoms. The van der Waals surface area contributed by atoms with Gasteiger partial charge in [-0.3, -0.25) is 0 Å². The Balaban J connectivity index is 0. The molecule has 0 radical (unpaired) electrons. The zero-order chi connectivity index (χ0) is 10.3. The van der Waals surface area contributed by atoms with Crippen LogP contribution in [0, 0.1) is 0 Å². The molecule has 0 amide bonds. The Morgan fingerprint density at radius 1 is 1.50 bits per heavy atom. The van der Waals surface area contributed by atoms with Crippen LogP contribution in [0.5, 0.6) is 0 Å². The Hall–Kier alpha value is 0.486. The average Bonchev–Trinajstić information content (AvgIpc) is 2.12. The molecule has 0 aromatic carbocycles. The van der Waals surface area contributed by atoms with Crippen LogP contribution in [0.4, 0.5) is 0 Å². The van der Waals surface area contributed by atoms with Gasteiger partial charge in [-0.15, -0.1) is 0 Å². The fourth-order valence-electron chi connectivity index (χ4n) is 1.16. The summed E-state index contributed by atoms with van der Waals surface area (Å²) in [6, 6.07) is 0. The Bertz CT molecular complexity index is 222. The number of carbonyl (C=O) groups is 1. The first-order valence-corrected chi connectivity index (χ1v) is 4.43. The van der Waals surface area contributed by atoms with E-state index in [0.29, 0.717) is 12.8 Å². The third-order valence-electron chi connectivity index (χ3n) is 2.17. The van der Waals surface area contributed by atoms with Crippen LogP contribution in [0.25, 0.3) is 0 Å². The van der Waals surface area contributed by atoms with Crippen LogP contribution in [0.1, 0.15) is 39.5 Å². The van der Waals surface area contributed by atoms with Gasteiger partial charge in [-0.2, -0.15) is 4.99 Å². The predicted molar refractivity (Wildman–Crippen MR) is 45.7 cm³/mol. The molecule has 74 valence electrons. The molecule has 1 unspecified atom stereocenters. The SMILES string of the molecule is CCCCC(CC)(N=C=O)C(=O)[O-].[K+]. The number of aliphatic carboxylic acids is 1. The van der Waals surface area contributed by atoms with Crippen molar-refractivity contribution < 1.29 is 66.1 Å². The number of rotatable bonds is 6. The number of hydrogen-bond acceptors (Lipinski definition) is 4. The summed E-state index contributed by atoms with van der Waals surface area (Å²) in [6.07, 6.45) is 3.50. The Labute approximate surface area is 127 Å². The van der Waals surface area contributed by atoms with Crippen molar-refractivity contribution in [3.63, 3.8) is 0 Å². The van der Waals surface area contributed by atoms with E-state index >= 15 is 0 Å². The van der Waals surface area contributed by atoms with Gasteiger partial charge in [0.1, 0.15) is 5.54 Å². The summed E-state index contributed by atoms with van der Waals surface area (Å²) in [5, 5.41) is 10.8. The molecule has 0 spiro atoms. The predicted octanol–water partition coefficient (Wildman–Crippen LogP) is -2.58. The minimum atomic E-state index is -1.35. The second-order valence-corrected chi connectivity index (χ2v) is 2.98. The Morgan fingerprint density at radius 2 is 2.07 bits per heavy atom. The molecule has 0 aliphatic heterocycles. The van der Waals surface area contributed by atoms with Crippen LogP contribution in [-0.2, 0) is 9.59 Å². The molecule has 0 aromatic heterocycles. The molecule has 0 rings (SSSR count). The number of nitrogens with zero attached hydrogens (tertiary/aromatic N) is 1. The van der Waals surface area contributed by atoms with Crippen molar-refractivity contribution in [3.8, 4) is 0 Å². The van der Waals surface area contributed by atoms with Gasteiger partial charge in [0.25, 0.3) is 0 Å². The molecular formula is C9H14KNO3. The molecular weight excluding hydrogens is 209 g/mol. The van der Waals surface area contributed by atoms with Crippen molar-refractivity contribution in [2.24, 2.45) is 4.99 Å². The van der Waals surface area contributed by atoms with Crippen molar-refractivity contribution >= 4 is 12.0 Å². The van der Waals surface area contributed by atoms with E-state index < -0.39 is 11.5 Å². The van der Waals surface area contributed by atoms with Crippen LogP contribution < -0.4 is 56.5 Å². The van der Waals surface area contributed by atoms with Crippen LogP contribution in [0.2, 0.25) is 0 Å². The number of carbonyl (C=O) groups excluding carboxylic acids is 2. The van der Waals surface area contributed by atoms with Crippen molar-refractivity contribution in [1.29, 1.82) is 0 Å². The Kier molecular flexibility index (Phi) is 10.6. The maximum absolute atomic E-state index is 10.8. The largest absolute Gasteiger partial charge is 1.00 e. The topological polar surface area (TPSA) is 69.6 Å². The maximum atomic E-state index is 10.8. The molecule has 5 heteroatoms. The molecule has 14 heavy (non-hydrogen) atoms. The van der Waals surface area contributed by atoms with Gasteiger partial charge in [0.15, 0.2) is 0 Å². The minimum absolute atomic E-state index is 0. The fraction of sp³-hybridized carbons (Fsp3) is 0.778. The van der Waals surface area contributed by atoms with Gasteiger partial charge in [-0.1, -0.05) is 26.7 Å². The summed E-state index contributed by atoms with van der Waals surface area (Å²) >= 11 is 0. The van der Waals surface area contributed by atoms with E-state index in [4.69, 9.17) is 0 Å². The first-order valence-electron chi connectivity index (χ1n) is 4.43. The van der Waals surface area contributed by atoms with Crippen molar-refractivity contribution in [2.75, 3.05) is 0 Å². The van der Waals surface area contributed by atoms with Crippen molar-refractivity contribution in [1.82, 2.24) is 0 Å². The summed E-state index contributed by atoms with van der Waals surface area (Å²) in [7, 11) is 0. The quantitative estimate of drug-likeness (QED) is 0.282. The van der Waals surface area contributed by atoms with E-state index in [1.165, 1.54) is 6.08 Å². The van der Waals surface area contributed by atoms with E-state index in [-0.39, 0.29) is 57.8 Å². The number of unbranched alkanes of at least 4 members (excludes halogenated alkanes) is 1. The van der Waals surface area contributed by atoms with Gasteiger partial charge in [-0.25, -0.2) is 4.79 Å². The van der Waals surface area contributed by atoms with E-state index in [9.17, 15) is 14.7 Å². The molecule has 0 fully saturated rings. The molecule has 4 nitrogen and oxygen atoms in total. The minimum Gasteiger partial charge on any atom is -0.547 e. The zero-order valence-electron chi connectivity index (χ0n) is 9.00. The van der Waals surface area contributed by atoms with E-state index in [1.54, 1.807) is 6.92 Å². The fourth-order valence-corrected chi connectivity index (χ4v) is 1.16. The van der Waals surface area contributed by atoms with Gasteiger partial charge in [0, 0.05) is 0 Å².